The average Bonchev–Trinajstić information content (AvgIpc) is 3.06. The minimum Gasteiger partial charge on any atom is -0.494 e. The Hall–Kier alpha value is -2.00. The Morgan fingerprint density at radius 2 is 1.96 bits per heavy atom. The van der Waals surface area contributed by atoms with Gasteiger partial charge in [-0.15, -0.1) is 11.3 Å². The molecule has 0 aliphatic carbocycles. The lowest BCUT2D eigenvalue weighted by atomic mass is 9.98. The van der Waals surface area contributed by atoms with Crippen LogP contribution in [0.5, 0.6) is 11.5 Å². The first-order valence-corrected chi connectivity index (χ1v) is 9.17. The van der Waals surface area contributed by atoms with Crippen LogP contribution in [0.15, 0.2) is 36.4 Å². The zero-order valence-electron chi connectivity index (χ0n) is 14.7. The van der Waals surface area contributed by atoms with Gasteiger partial charge in [0.15, 0.2) is 0 Å². The number of aliphatic hydroxyl groups is 1. The maximum Gasteiger partial charge on any atom is 0.149 e. The van der Waals surface area contributed by atoms with Gasteiger partial charge in [-0.2, -0.15) is 0 Å². The van der Waals surface area contributed by atoms with Crippen molar-refractivity contribution < 1.29 is 14.6 Å². The number of benzene rings is 1. The molecule has 0 fully saturated rings. The third-order valence-electron chi connectivity index (χ3n) is 3.60. The highest BCUT2D eigenvalue weighted by Crippen LogP contribution is 2.20. The number of aliphatic hydroxyl groups excluding tert-OH is 1. The highest BCUT2D eigenvalue weighted by atomic mass is 32.1. The number of thiophene rings is 1. The van der Waals surface area contributed by atoms with Crippen LogP contribution in [0.25, 0.3) is 0 Å². The smallest absolute Gasteiger partial charge is 0.149 e. The maximum absolute atomic E-state index is 9.20. The number of hydrogen-bond acceptors (Lipinski definition) is 5. The topological polar surface area (TPSA) is 64.7 Å². The summed E-state index contributed by atoms with van der Waals surface area (Å²) < 4.78 is 11.1. The van der Waals surface area contributed by atoms with Crippen molar-refractivity contribution in [2.24, 2.45) is 5.73 Å². The van der Waals surface area contributed by atoms with E-state index in [4.69, 9.17) is 15.2 Å². The van der Waals surface area contributed by atoms with Crippen molar-refractivity contribution in [2.45, 2.75) is 32.2 Å². The Bertz CT molecular complexity index is 728. The van der Waals surface area contributed by atoms with Crippen molar-refractivity contribution in [3.05, 3.63) is 46.2 Å². The van der Waals surface area contributed by atoms with Crippen molar-refractivity contribution >= 4 is 11.3 Å². The molecule has 4 nitrogen and oxygen atoms in total. The van der Waals surface area contributed by atoms with E-state index in [1.165, 1.54) is 4.88 Å². The van der Waals surface area contributed by atoms with Gasteiger partial charge < -0.3 is 20.3 Å². The number of nitrogens with two attached hydrogens (primary N) is 1. The van der Waals surface area contributed by atoms with Gasteiger partial charge in [-0.3, -0.25) is 0 Å². The Kier molecular flexibility index (Phi) is 7.32. The van der Waals surface area contributed by atoms with Gasteiger partial charge in [0.05, 0.1) is 18.1 Å². The van der Waals surface area contributed by atoms with Crippen molar-refractivity contribution in [3.63, 3.8) is 0 Å². The standard InChI is InChI=1S/C20H25NO3S/c1-3-23-16-6-4-7-17(14-16)24-13-5-8-18-9-10-19(25-18)11-12-20(2,21)15-22/h4,6-7,9-10,14,22H,3,11-13,15,21H2,1-2H3. The zero-order valence-corrected chi connectivity index (χ0v) is 15.6. The summed E-state index contributed by atoms with van der Waals surface area (Å²) in [6.07, 6.45) is 1.59. The lowest BCUT2D eigenvalue weighted by Crippen LogP contribution is -2.40. The summed E-state index contributed by atoms with van der Waals surface area (Å²) in [6.45, 7) is 4.76. The van der Waals surface area contributed by atoms with E-state index in [2.05, 4.69) is 17.9 Å². The molecule has 1 heterocycles. The highest BCUT2D eigenvalue weighted by Gasteiger charge is 2.16. The minimum absolute atomic E-state index is 0.00707. The lowest BCUT2D eigenvalue weighted by Gasteiger charge is -2.20. The molecule has 2 aromatic rings. The molecule has 2 rings (SSSR count). The summed E-state index contributed by atoms with van der Waals surface area (Å²) in [4.78, 5) is 2.23. The summed E-state index contributed by atoms with van der Waals surface area (Å²) in [6, 6.07) is 11.6. The second-order valence-corrected chi connectivity index (χ2v) is 7.24. The molecular formula is C20H25NO3S. The SMILES string of the molecule is CCOc1cccc(OCC#Cc2ccc(CCC(C)(N)CO)s2)c1. The second-order valence-electron chi connectivity index (χ2n) is 6.08. The van der Waals surface area contributed by atoms with Crippen molar-refractivity contribution in [1.29, 1.82) is 0 Å². The molecule has 134 valence electrons. The van der Waals surface area contributed by atoms with Crippen LogP contribution < -0.4 is 15.2 Å². The van der Waals surface area contributed by atoms with E-state index >= 15 is 0 Å². The zero-order chi connectivity index (χ0) is 18.1. The molecule has 0 amide bonds. The van der Waals surface area contributed by atoms with E-state index in [1.807, 2.05) is 44.2 Å². The average molecular weight is 359 g/mol. The molecule has 0 radical (unpaired) electrons. The summed E-state index contributed by atoms with van der Waals surface area (Å²) >= 11 is 1.65. The van der Waals surface area contributed by atoms with E-state index in [0.717, 1.165) is 29.2 Å². The molecule has 1 atom stereocenters. The third kappa shape index (κ3) is 6.79. The maximum atomic E-state index is 9.20. The van der Waals surface area contributed by atoms with Crippen LogP contribution in [-0.2, 0) is 6.42 Å². The summed E-state index contributed by atoms with van der Waals surface area (Å²) in [7, 11) is 0. The molecule has 0 aliphatic heterocycles. The highest BCUT2D eigenvalue weighted by molar-refractivity contribution is 7.12. The lowest BCUT2D eigenvalue weighted by molar-refractivity contribution is 0.201. The fourth-order valence-electron chi connectivity index (χ4n) is 2.13. The van der Waals surface area contributed by atoms with Crippen LogP contribution in [0, 0.1) is 11.8 Å². The Morgan fingerprint density at radius 3 is 2.68 bits per heavy atom. The molecular weight excluding hydrogens is 334 g/mol. The number of aryl methyl sites for hydroxylation is 1. The van der Waals surface area contributed by atoms with Gasteiger partial charge >= 0.3 is 0 Å². The first kappa shape index (κ1) is 19.3. The van der Waals surface area contributed by atoms with E-state index < -0.39 is 5.54 Å². The van der Waals surface area contributed by atoms with Crippen LogP contribution in [0.2, 0.25) is 0 Å². The van der Waals surface area contributed by atoms with E-state index in [9.17, 15) is 5.11 Å². The van der Waals surface area contributed by atoms with Gasteiger partial charge in [0.2, 0.25) is 0 Å². The van der Waals surface area contributed by atoms with Gasteiger partial charge in [0.1, 0.15) is 18.1 Å². The Labute approximate surface area is 153 Å². The molecule has 1 aromatic carbocycles. The van der Waals surface area contributed by atoms with E-state index in [-0.39, 0.29) is 6.61 Å². The first-order chi connectivity index (χ1) is 12.0. The number of rotatable bonds is 8. The van der Waals surface area contributed by atoms with Gasteiger partial charge in [-0.25, -0.2) is 0 Å². The largest absolute Gasteiger partial charge is 0.494 e. The van der Waals surface area contributed by atoms with Crippen LogP contribution in [-0.4, -0.2) is 30.5 Å². The molecule has 5 heteroatoms. The first-order valence-electron chi connectivity index (χ1n) is 8.35. The number of hydrogen-bond donors (Lipinski definition) is 2. The van der Waals surface area contributed by atoms with Gasteiger partial charge in [-0.1, -0.05) is 17.9 Å². The van der Waals surface area contributed by atoms with Crippen molar-refractivity contribution in [3.8, 4) is 23.3 Å². The van der Waals surface area contributed by atoms with Crippen LogP contribution >= 0.6 is 11.3 Å². The van der Waals surface area contributed by atoms with E-state index in [0.29, 0.717) is 13.2 Å². The molecule has 1 aromatic heterocycles. The second kappa shape index (κ2) is 9.47. The molecule has 0 saturated heterocycles. The molecule has 0 aliphatic rings. The molecule has 0 spiro atoms. The quantitative estimate of drug-likeness (QED) is 0.710. The predicted molar refractivity (Wildman–Crippen MR) is 102 cm³/mol. The molecule has 1 unspecified atom stereocenters. The molecule has 0 saturated carbocycles. The van der Waals surface area contributed by atoms with Crippen molar-refractivity contribution in [1.82, 2.24) is 0 Å². The summed E-state index contributed by atoms with van der Waals surface area (Å²) in [5.74, 6) is 7.69. The minimum atomic E-state index is -0.528. The number of ether oxygens (including phenoxy) is 2. The fraction of sp³-hybridized carbons (Fsp3) is 0.400. The van der Waals surface area contributed by atoms with Gasteiger partial charge in [-0.05, 0) is 51.0 Å². The van der Waals surface area contributed by atoms with Crippen LogP contribution in [0.3, 0.4) is 0 Å². The predicted octanol–water partition coefficient (Wildman–Crippen LogP) is 3.22. The van der Waals surface area contributed by atoms with Crippen LogP contribution in [0.1, 0.15) is 30.0 Å². The van der Waals surface area contributed by atoms with Crippen LogP contribution in [0.4, 0.5) is 0 Å². The third-order valence-corrected chi connectivity index (χ3v) is 4.66. The Morgan fingerprint density at radius 1 is 1.20 bits per heavy atom. The Balaban J connectivity index is 1.83. The normalized spacial score (nSPS) is 12.8. The molecule has 25 heavy (non-hydrogen) atoms. The molecule has 0 bridgehead atoms. The summed E-state index contributed by atoms with van der Waals surface area (Å²) in [5, 5.41) is 9.20. The monoisotopic (exact) mass is 359 g/mol. The molecule has 3 N–H and O–H groups in total. The van der Waals surface area contributed by atoms with Crippen molar-refractivity contribution in [2.75, 3.05) is 19.8 Å². The fourth-order valence-corrected chi connectivity index (χ4v) is 3.01. The van der Waals surface area contributed by atoms with E-state index in [1.54, 1.807) is 11.3 Å². The van der Waals surface area contributed by atoms with Gasteiger partial charge in [0.25, 0.3) is 0 Å². The summed E-state index contributed by atoms with van der Waals surface area (Å²) in [5.41, 5.74) is 5.43. The van der Waals surface area contributed by atoms with Gasteiger partial charge in [0, 0.05) is 16.5 Å².